The van der Waals surface area contributed by atoms with Gasteiger partial charge >= 0.3 is 0 Å². The molecule has 1 nitrogen and oxygen atoms in total. The molecule has 1 aromatic carbocycles. The second kappa shape index (κ2) is 4.83. The first-order chi connectivity index (χ1) is 10.2. The Balaban J connectivity index is 1.85. The van der Waals surface area contributed by atoms with Crippen LogP contribution in [-0.4, -0.2) is 5.78 Å². The second-order valence-electron chi connectivity index (χ2n) is 7.29. The van der Waals surface area contributed by atoms with E-state index >= 15 is 0 Å². The lowest BCUT2D eigenvalue weighted by Gasteiger charge is -2.42. The van der Waals surface area contributed by atoms with Gasteiger partial charge in [-0.15, -0.1) is 0 Å². The first-order valence-electron chi connectivity index (χ1n) is 8.54. The molecule has 110 valence electrons. The second-order valence-corrected chi connectivity index (χ2v) is 7.29. The predicted octanol–water partition coefficient (Wildman–Crippen LogP) is 4.38. The Morgan fingerprint density at radius 3 is 2.90 bits per heavy atom. The van der Waals surface area contributed by atoms with Gasteiger partial charge in [0.05, 0.1) is 0 Å². The zero-order valence-electron chi connectivity index (χ0n) is 12.9. The van der Waals surface area contributed by atoms with E-state index in [0.29, 0.717) is 24.0 Å². The average Bonchev–Trinajstić information content (AvgIpc) is 3.05. The summed E-state index contributed by atoms with van der Waals surface area (Å²) in [5.41, 5.74) is 4.59. The topological polar surface area (TPSA) is 17.1 Å². The minimum atomic E-state index is 0.147. The molecule has 0 aliphatic heterocycles. The third kappa shape index (κ3) is 1.93. The Morgan fingerprint density at radius 2 is 2.19 bits per heavy atom. The van der Waals surface area contributed by atoms with E-state index in [0.717, 1.165) is 6.42 Å². The number of benzene rings is 1. The monoisotopic (exact) mass is 280 g/mol. The van der Waals surface area contributed by atoms with E-state index in [1.807, 2.05) is 0 Å². The largest absolute Gasteiger partial charge is 0.299 e. The van der Waals surface area contributed by atoms with Crippen LogP contribution in [-0.2, 0) is 23.1 Å². The fraction of sp³-hybridized carbons (Fsp3) is 0.550. The van der Waals surface area contributed by atoms with Crippen LogP contribution in [0.4, 0.5) is 0 Å². The van der Waals surface area contributed by atoms with E-state index in [1.54, 1.807) is 5.56 Å². The summed E-state index contributed by atoms with van der Waals surface area (Å²) in [5.74, 6) is 1.78. The molecule has 1 spiro atoms. The molecule has 3 aliphatic rings. The van der Waals surface area contributed by atoms with Crippen LogP contribution < -0.4 is 0 Å². The number of hydrogen-bond donors (Lipinski definition) is 0. The maximum atomic E-state index is 12.4. The van der Waals surface area contributed by atoms with Crippen LogP contribution in [0, 0.1) is 11.8 Å². The van der Waals surface area contributed by atoms with Crippen LogP contribution in [0.15, 0.2) is 30.4 Å². The van der Waals surface area contributed by atoms with Gasteiger partial charge in [-0.05, 0) is 54.2 Å². The standard InChI is InChI=1S/C20H24O/c1-2-3-5-15-6-4-7-16-11-18(21)13-20(19(15)16)12-14-8-9-17(20)10-14/h4,6-9,14,17H,2-3,5,10-13H2,1H3. The van der Waals surface area contributed by atoms with E-state index in [1.165, 1.54) is 43.2 Å². The molecular formula is C20H24O. The fourth-order valence-electron chi connectivity index (χ4n) is 5.18. The molecule has 0 amide bonds. The minimum absolute atomic E-state index is 0.147. The molecule has 1 fully saturated rings. The number of fused-ring (bicyclic) bond motifs is 5. The molecule has 21 heavy (non-hydrogen) atoms. The molecule has 3 atom stereocenters. The van der Waals surface area contributed by atoms with Crippen molar-refractivity contribution < 1.29 is 4.79 Å². The van der Waals surface area contributed by atoms with Crippen LogP contribution in [0.2, 0.25) is 0 Å². The number of Topliss-reactive ketones (excluding diaryl/α,β-unsaturated/α-hetero) is 1. The zero-order valence-corrected chi connectivity index (χ0v) is 12.9. The number of rotatable bonds is 3. The van der Waals surface area contributed by atoms with Crippen molar-refractivity contribution in [2.75, 3.05) is 0 Å². The minimum Gasteiger partial charge on any atom is -0.299 e. The lowest BCUT2D eigenvalue weighted by molar-refractivity contribution is -0.120. The van der Waals surface area contributed by atoms with Gasteiger partial charge < -0.3 is 0 Å². The van der Waals surface area contributed by atoms with Crippen molar-refractivity contribution in [1.29, 1.82) is 0 Å². The fourth-order valence-corrected chi connectivity index (χ4v) is 5.18. The number of hydrogen-bond acceptors (Lipinski definition) is 1. The van der Waals surface area contributed by atoms with Gasteiger partial charge in [-0.3, -0.25) is 4.79 Å². The quantitative estimate of drug-likeness (QED) is 0.751. The first kappa shape index (κ1) is 13.3. The Kier molecular flexibility index (Phi) is 3.06. The summed E-state index contributed by atoms with van der Waals surface area (Å²) in [7, 11) is 0. The third-order valence-electron chi connectivity index (χ3n) is 5.94. The summed E-state index contributed by atoms with van der Waals surface area (Å²) in [6, 6.07) is 6.69. The Labute approximate surface area is 127 Å². The lowest BCUT2D eigenvalue weighted by atomic mass is 9.61. The number of carbonyl (C=O) groups is 1. The molecule has 0 radical (unpaired) electrons. The van der Waals surface area contributed by atoms with Crippen molar-refractivity contribution in [3.8, 4) is 0 Å². The van der Waals surface area contributed by atoms with Gasteiger partial charge in [0.25, 0.3) is 0 Å². The molecule has 0 aromatic heterocycles. The van der Waals surface area contributed by atoms with Crippen LogP contribution in [0.3, 0.4) is 0 Å². The maximum absolute atomic E-state index is 12.4. The van der Waals surface area contributed by atoms with E-state index in [9.17, 15) is 4.79 Å². The molecule has 1 heteroatoms. The van der Waals surface area contributed by atoms with Crippen molar-refractivity contribution >= 4 is 5.78 Å². The summed E-state index contributed by atoms with van der Waals surface area (Å²) in [6.45, 7) is 2.26. The molecule has 3 unspecified atom stereocenters. The highest BCUT2D eigenvalue weighted by Crippen LogP contribution is 2.58. The number of carbonyl (C=O) groups excluding carboxylic acids is 1. The number of ketones is 1. The van der Waals surface area contributed by atoms with Crippen molar-refractivity contribution in [3.05, 3.63) is 47.0 Å². The zero-order chi connectivity index (χ0) is 14.4. The summed E-state index contributed by atoms with van der Waals surface area (Å²) in [4.78, 5) is 12.4. The van der Waals surface area contributed by atoms with Crippen molar-refractivity contribution in [2.24, 2.45) is 11.8 Å². The molecule has 4 rings (SSSR count). The van der Waals surface area contributed by atoms with Crippen LogP contribution >= 0.6 is 0 Å². The smallest absolute Gasteiger partial charge is 0.138 e. The SMILES string of the molecule is CCCCc1cccc2c1C1(CC(=O)C2)CC2C=CC1C2. The Hall–Kier alpha value is -1.37. The number of unbranched alkanes of at least 4 members (excludes halogenated alkanes) is 1. The summed E-state index contributed by atoms with van der Waals surface area (Å²) in [5, 5.41) is 0. The molecule has 0 N–H and O–H groups in total. The van der Waals surface area contributed by atoms with Crippen LogP contribution in [0.1, 0.15) is 55.7 Å². The molecule has 1 aromatic rings. The maximum Gasteiger partial charge on any atom is 0.138 e. The highest BCUT2D eigenvalue weighted by Gasteiger charge is 2.53. The van der Waals surface area contributed by atoms with Crippen molar-refractivity contribution in [3.63, 3.8) is 0 Å². The Bertz CT molecular complexity index is 612. The average molecular weight is 280 g/mol. The van der Waals surface area contributed by atoms with E-state index < -0.39 is 0 Å². The van der Waals surface area contributed by atoms with Gasteiger partial charge in [0.2, 0.25) is 0 Å². The van der Waals surface area contributed by atoms with Crippen LogP contribution in [0.25, 0.3) is 0 Å². The molecule has 1 saturated carbocycles. The number of allylic oxidation sites excluding steroid dienone is 2. The van der Waals surface area contributed by atoms with E-state index in [4.69, 9.17) is 0 Å². The summed E-state index contributed by atoms with van der Waals surface area (Å²) in [6.07, 6.45) is 12.4. The predicted molar refractivity (Wildman–Crippen MR) is 85.4 cm³/mol. The molecule has 2 bridgehead atoms. The van der Waals surface area contributed by atoms with Crippen molar-refractivity contribution in [2.45, 2.75) is 57.3 Å². The van der Waals surface area contributed by atoms with Gasteiger partial charge in [-0.1, -0.05) is 43.7 Å². The van der Waals surface area contributed by atoms with Crippen molar-refractivity contribution in [1.82, 2.24) is 0 Å². The molecule has 0 heterocycles. The normalized spacial score (nSPS) is 32.9. The molecule has 0 saturated heterocycles. The Morgan fingerprint density at radius 1 is 1.29 bits per heavy atom. The lowest BCUT2D eigenvalue weighted by Crippen LogP contribution is -2.39. The van der Waals surface area contributed by atoms with Gasteiger partial charge in [0, 0.05) is 18.3 Å². The molecular weight excluding hydrogens is 256 g/mol. The first-order valence-corrected chi connectivity index (χ1v) is 8.54. The molecule has 3 aliphatic carbocycles. The van der Waals surface area contributed by atoms with E-state index in [2.05, 4.69) is 37.3 Å². The summed E-state index contributed by atoms with van der Waals surface area (Å²) < 4.78 is 0. The van der Waals surface area contributed by atoms with Gasteiger partial charge in [-0.25, -0.2) is 0 Å². The van der Waals surface area contributed by atoms with Crippen LogP contribution in [0.5, 0.6) is 0 Å². The summed E-state index contributed by atoms with van der Waals surface area (Å²) >= 11 is 0. The van der Waals surface area contributed by atoms with Gasteiger partial charge in [0.1, 0.15) is 5.78 Å². The van der Waals surface area contributed by atoms with Gasteiger partial charge in [-0.2, -0.15) is 0 Å². The van der Waals surface area contributed by atoms with Gasteiger partial charge in [0.15, 0.2) is 0 Å². The number of aryl methyl sites for hydroxylation is 1. The highest BCUT2D eigenvalue weighted by atomic mass is 16.1. The third-order valence-corrected chi connectivity index (χ3v) is 5.94. The van der Waals surface area contributed by atoms with E-state index in [-0.39, 0.29) is 5.41 Å². The highest BCUT2D eigenvalue weighted by molar-refractivity contribution is 5.86.